The fraction of sp³-hybridized carbons (Fsp3) is 0.0769. The molecule has 0 N–H and O–H groups in total. The Bertz CT molecular complexity index is 453. The number of benzene rings is 1. The minimum Gasteiger partial charge on any atom is -0.298 e. The van der Waals surface area contributed by atoms with Gasteiger partial charge in [-0.05, 0) is 23.8 Å². The predicted molar refractivity (Wildman–Crippen MR) is 65.6 cm³/mol. The van der Waals surface area contributed by atoms with Gasteiger partial charge in [-0.25, -0.2) is 0 Å². The SMILES string of the molecule is O=Cc1ccc(SCc2cccnc2)cc1. The van der Waals surface area contributed by atoms with Crippen LogP contribution in [-0.2, 0) is 5.75 Å². The Hall–Kier alpha value is -1.61. The molecule has 0 bridgehead atoms. The summed E-state index contributed by atoms with van der Waals surface area (Å²) >= 11 is 1.74. The maximum absolute atomic E-state index is 10.5. The number of hydrogen-bond donors (Lipinski definition) is 0. The van der Waals surface area contributed by atoms with Crippen LogP contribution in [0.4, 0.5) is 0 Å². The van der Waals surface area contributed by atoms with E-state index in [-0.39, 0.29) is 0 Å². The number of thioether (sulfide) groups is 1. The average Bonchev–Trinajstić information content (AvgIpc) is 2.38. The Morgan fingerprint density at radius 2 is 2.00 bits per heavy atom. The van der Waals surface area contributed by atoms with E-state index in [4.69, 9.17) is 0 Å². The van der Waals surface area contributed by atoms with Gasteiger partial charge in [0.05, 0.1) is 0 Å². The van der Waals surface area contributed by atoms with E-state index in [2.05, 4.69) is 11.1 Å². The molecule has 0 spiro atoms. The van der Waals surface area contributed by atoms with Crippen LogP contribution < -0.4 is 0 Å². The van der Waals surface area contributed by atoms with Crippen LogP contribution in [0.1, 0.15) is 15.9 Å². The second-order valence-corrected chi connectivity index (χ2v) is 4.39. The first-order chi connectivity index (χ1) is 7.88. The summed E-state index contributed by atoms with van der Waals surface area (Å²) in [4.78, 5) is 15.7. The van der Waals surface area contributed by atoms with Crippen molar-refractivity contribution in [3.8, 4) is 0 Å². The number of carbonyl (C=O) groups excluding carboxylic acids is 1. The van der Waals surface area contributed by atoms with Crippen LogP contribution in [0.15, 0.2) is 53.7 Å². The van der Waals surface area contributed by atoms with Crippen LogP contribution in [0.2, 0.25) is 0 Å². The highest BCUT2D eigenvalue weighted by molar-refractivity contribution is 7.98. The second-order valence-electron chi connectivity index (χ2n) is 3.34. The summed E-state index contributed by atoms with van der Waals surface area (Å²) in [5.74, 6) is 0.897. The zero-order valence-electron chi connectivity index (χ0n) is 8.67. The molecular weight excluding hydrogens is 218 g/mol. The second kappa shape index (κ2) is 5.47. The highest BCUT2D eigenvalue weighted by atomic mass is 32.2. The number of carbonyl (C=O) groups is 1. The summed E-state index contributed by atoms with van der Waals surface area (Å²) < 4.78 is 0. The van der Waals surface area contributed by atoms with Crippen molar-refractivity contribution in [1.82, 2.24) is 4.98 Å². The number of rotatable bonds is 4. The summed E-state index contributed by atoms with van der Waals surface area (Å²) in [6, 6.07) is 11.6. The van der Waals surface area contributed by atoms with Crippen LogP contribution in [0.3, 0.4) is 0 Å². The molecule has 3 heteroatoms. The van der Waals surface area contributed by atoms with Gasteiger partial charge in [0.15, 0.2) is 0 Å². The number of aldehydes is 1. The molecule has 16 heavy (non-hydrogen) atoms. The summed E-state index contributed by atoms with van der Waals surface area (Å²) in [7, 11) is 0. The Balaban J connectivity index is 1.97. The highest BCUT2D eigenvalue weighted by Gasteiger charge is 1.96. The quantitative estimate of drug-likeness (QED) is 0.595. The first-order valence-corrected chi connectivity index (χ1v) is 5.94. The predicted octanol–water partition coefficient (Wildman–Crippen LogP) is 3.19. The van der Waals surface area contributed by atoms with Gasteiger partial charge in [-0.1, -0.05) is 18.2 Å². The summed E-state index contributed by atoms with van der Waals surface area (Å²) in [5, 5.41) is 0. The molecule has 1 heterocycles. The zero-order valence-corrected chi connectivity index (χ0v) is 9.48. The Kier molecular flexibility index (Phi) is 3.72. The van der Waals surface area contributed by atoms with Gasteiger partial charge in [0.1, 0.15) is 6.29 Å². The minimum absolute atomic E-state index is 0.714. The smallest absolute Gasteiger partial charge is 0.150 e. The van der Waals surface area contributed by atoms with Gasteiger partial charge in [-0.2, -0.15) is 0 Å². The lowest BCUT2D eigenvalue weighted by atomic mass is 10.2. The molecule has 0 unspecified atom stereocenters. The topological polar surface area (TPSA) is 30.0 Å². The van der Waals surface area contributed by atoms with Crippen LogP contribution in [0, 0.1) is 0 Å². The van der Waals surface area contributed by atoms with Crippen LogP contribution in [0.5, 0.6) is 0 Å². The molecule has 0 aliphatic rings. The van der Waals surface area contributed by atoms with Crippen molar-refractivity contribution in [1.29, 1.82) is 0 Å². The molecule has 0 aliphatic heterocycles. The van der Waals surface area contributed by atoms with E-state index >= 15 is 0 Å². The van der Waals surface area contributed by atoms with E-state index in [0.29, 0.717) is 5.56 Å². The molecular formula is C13H11NOS. The Morgan fingerprint density at radius 3 is 2.62 bits per heavy atom. The van der Waals surface area contributed by atoms with Gasteiger partial charge in [-0.15, -0.1) is 11.8 Å². The largest absolute Gasteiger partial charge is 0.298 e. The first kappa shape index (κ1) is 10.9. The van der Waals surface area contributed by atoms with Crippen molar-refractivity contribution < 1.29 is 4.79 Å². The molecule has 0 atom stereocenters. The standard InChI is InChI=1S/C13H11NOS/c15-9-11-3-5-13(6-4-11)16-10-12-2-1-7-14-8-12/h1-9H,10H2. The van der Waals surface area contributed by atoms with Crippen LogP contribution in [0.25, 0.3) is 0 Å². The molecule has 1 aromatic heterocycles. The van der Waals surface area contributed by atoms with Crippen molar-refractivity contribution >= 4 is 18.0 Å². The van der Waals surface area contributed by atoms with Crippen molar-refractivity contribution in [2.75, 3.05) is 0 Å². The molecule has 2 nitrogen and oxygen atoms in total. The molecule has 0 amide bonds. The number of pyridine rings is 1. The number of aromatic nitrogens is 1. The third kappa shape index (κ3) is 2.94. The lowest BCUT2D eigenvalue weighted by molar-refractivity contribution is 0.112. The summed E-state index contributed by atoms with van der Waals surface area (Å²) in [6.07, 6.45) is 4.50. The summed E-state index contributed by atoms with van der Waals surface area (Å²) in [5.41, 5.74) is 1.91. The molecule has 2 aromatic rings. The van der Waals surface area contributed by atoms with Gasteiger partial charge in [0, 0.05) is 28.6 Å². The highest BCUT2D eigenvalue weighted by Crippen LogP contribution is 2.22. The minimum atomic E-state index is 0.714. The number of hydrogen-bond acceptors (Lipinski definition) is 3. The van der Waals surface area contributed by atoms with E-state index in [1.807, 2.05) is 36.5 Å². The van der Waals surface area contributed by atoms with Crippen molar-refractivity contribution in [2.45, 2.75) is 10.6 Å². The lowest BCUT2D eigenvalue weighted by Gasteiger charge is -2.01. The normalized spacial score (nSPS) is 10.0. The molecule has 2 rings (SSSR count). The fourth-order valence-corrected chi connectivity index (χ4v) is 2.13. The van der Waals surface area contributed by atoms with Gasteiger partial charge < -0.3 is 0 Å². The van der Waals surface area contributed by atoms with Crippen LogP contribution in [-0.4, -0.2) is 11.3 Å². The zero-order chi connectivity index (χ0) is 11.2. The van der Waals surface area contributed by atoms with Crippen molar-refractivity contribution in [3.63, 3.8) is 0 Å². The molecule has 0 radical (unpaired) electrons. The molecule has 1 aromatic carbocycles. The summed E-state index contributed by atoms with van der Waals surface area (Å²) in [6.45, 7) is 0. The third-order valence-electron chi connectivity index (χ3n) is 2.14. The van der Waals surface area contributed by atoms with E-state index in [9.17, 15) is 4.79 Å². The Labute approximate surface area is 98.7 Å². The maximum atomic E-state index is 10.5. The molecule has 0 fully saturated rings. The molecule has 0 aliphatic carbocycles. The van der Waals surface area contributed by atoms with Crippen molar-refractivity contribution in [3.05, 3.63) is 59.9 Å². The monoisotopic (exact) mass is 229 g/mol. The molecule has 0 saturated carbocycles. The van der Waals surface area contributed by atoms with Crippen LogP contribution >= 0.6 is 11.8 Å². The lowest BCUT2D eigenvalue weighted by Crippen LogP contribution is -1.82. The van der Waals surface area contributed by atoms with Crippen molar-refractivity contribution in [2.24, 2.45) is 0 Å². The Morgan fingerprint density at radius 1 is 1.19 bits per heavy atom. The molecule has 0 saturated heterocycles. The first-order valence-electron chi connectivity index (χ1n) is 4.95. The maximum Gasteiger partial charge on any atom is 0.150 e. The average molecular weight is 229 g/mol. The van der Waals surface area contributed by atoms with E-state index < -0.39 is 0 Å². The van der Waals surface area contributed by atoms with E-state index in [1.54, 1.807) is 18.0 Å². The van der Waals surface area contributed by atoms with Gasteiger partial charge in [0.25, 0.3) is 0 Å². The van der Waals surface area contributed by atoms with Gasteiger partial charge in [-0.3, -0.25) is 9.78 Å². The van der Waals surface area contributed by atoms with E-state index in [0.717, 1.165) is 16.9 Å². The van der Waals surface area contributed by atoms with E-state index in [1.165, 1.54) is 5.56 Å². The van der Waals surface area contributed by atoms with Gasteiger partial charge >= 0.3 is 0 Å². The third-order valence-corrected chi connectivity index (χ3v) is 3.23. The number of nitrogens with zero attached hydrogens (tertiary/aromatic N) is 1. The molecule has 80 valence electrons. The fourth-order valence-electron chi connectivity index (χ4n) is 1.29. The van der Waals surface area contributed by atoms with Gasteiger partial charge in [0.2, 0.25) is 0 Å².